The number of aromatic amines is 1. The highest BCUT2D eigenvalue weighted by Gasteiger charge is 2.27. The Hall–Kier alpha value is -4.14. The molecule has 0 aliphatic rings. The zero-order chi connectivity index (χ0) is 23.5. The fraction of sp³-hybridized carbons (Fsp3) is 0.250. The molecule has 0 spiro atoms. The van der Waals surface area contributed by atoms with Crippen molar-refractivity contribution in [2.45, 2.75) is 39.8 Å². The number of rotatable bonds is 7. The highest BCUT2D eigenvalue weighted by Crippen LogP contribution is 2.26. The van der Waals surface area contributed by atoms with Crippen LogP contribution in [0.25, 0.3) is 10.9 Å². The topological polar surface area (TPSA) is 127 Å². The molecule has 3 heterocycles. The van der Waals surface area contributed by atoms with Crippen molar-refractivity contribution in [3.05, 3.63) is 86.6 Å². The van der Waals surface area contributed by atoms with Crippen LogP contribution >= 0.6 is 0 Å². The number of aromatic nitrogens is 3. The number of pyridine rings is 1. The van der Waals surface area contributed by atoms with Gasteiger partial charge >= 0.3 is 5.69 Å². The molecule has 0 saturated carbocycles. The first kappa shape index (κ1) is 22.1. The number of H-pyrrole nitrogens is 1. The minimum Gasteiger partial charge on any atom is -0.467 e. The number of para-hydroxylation sites is 1. The minimum atomic E-state index is -0.736. The number of fused-ring (bicyclic) bond motifs is 1. The van der Waals surface area contributed by atoms with Gasteiger partial charge in [-0.2, -0.15) is 0 Å². The summed E-state index contributed by atoms with van der Waals surface area (Å²) in [4.78, 5) is 47.3. The quantitative estimate of drug-likeness (QED) is 0.448. The number of aryl methyl sites for hydroxylation is 1. The summed E-state index contributed by atoms with van der Waals surface area (Å²) >= 11 is 0. The third kappa shape index (κ3) is 4.30. The summed E-state index contributed by atoms with van der Waals surface area (Å²) in [6.07, 6.45) is 3.01. The molecule has 1 amide bonds. The molecule has 4 aromatic rings. The normalized spacial score (nSPS) is 11.1. The van der Waals surface area contributed by atoms with Gasteiger partial charge in [0.2, 0.25) is 0 Å². The number of benzene rings is 1. The van der Waals surface area contributed by atoms with Gasteiger partial charge in [-0.1, -0.05) is 31.5 Å². The van der Waals surface area contributed by atoms with Gasteiger partial charge in [-0.3, -0.25) is 29.0 Å². The Labute approximate surface area is 189 Å². The number of nitrogen functional groups attached to an aromatic ring is 1. The molecule has 4 rings (SSSR count). The van der Waals surface area contributed by atoms with Crippen molar-refractivity contribution >= 4 is 28.3 Å². The maximum atomic E-state index is 13.9. The Bertz CT molecular complexity index is 1420. The molecule has 0 bridgehead atoms. The first-order valence-corrected chi connectivity index (χ1v) is 10.7. The number of nitrogens with zero attached hydrogens (tertiary/aromatic N) is 3. The number of nitrogens with two attached hydrogens (primary N) is 1. The fourth-order valence-corrected chi connectivity index (χ4v) is 3.82. The zero-order valence-corrected chi connectivity index (χ0v) is 18.5. The van der Waals surface area contributed by atoms with Gasteiger partial charge in [-0.25, -0.2) is 4.79 Å². The Morgan fingerprint density at radius 2 is 2.00 bits per heavy atom. The van der Waals surface area contributed by atoms with Gasteiger partial charge in [0, 0.05) is 17.6 Å². The lowest BCUT2D eigenvalue weighted by Crippen LogP contribution is -2.41. The van der Waals surface area contributed by atoms with E-state index in [2.05, 4.69) is 9.97 Å². The van der Waals surface area contributed by atoms with Gasteiger partial charge in [0.15, 0.2) is 5.69 Å². The van der Waals surface area contributed by atoms with Gasteiger partial charge < -0.3 is 10.2 Å². The lowest BCUT2D eigenvalue weighted by molar-refractivity contribution is 0.0984. The van der Waals surface area contributed by atoms with Crippen LogP contribution in [0.1, 0.15) is 41.6 Å². The van der Waals surface area contributed by atoms with E-state index in [1.54, 1.807) is 31.2 Å². The summed E-state index contributed by atoms with van der Waals surface area (Å²) in [7, 11) is 0. The summed E-state index contributed by atoms with van der Waals surface area (Å²) in [5.74, 6) is -0.0540. The lowest BCUT2D eigenvalue weighted by Gasteiger charge is -2.24. The van der Waals surface area contributed by atoms with E-state index in [0.717, 1.165) is 6.42 Å². The molecule has 3 N–H and O–H groups in total. The monoisotopic (exact) mass is 447 g/mol. The number of amides is 1. The number of unbranched alkanes of at least 4 members (excludes halogenated alkanes) is 1. The van der Waals surface area contributed by atoms with E-state index < -0.39 is 17.2 Å². The van der Waals surface area contributed by atoms with E-state index in [4.69, 9.17) is 10.2 Å². The average Bonchev–Trinajstić information content (AvgIpc) is 3.30. The number of nitrogens with one attached hydrogen (secondary N) is 1. The van der Waals surface area contributed by atoms with E-state index >= 15 is 0 Å². The van der Waals surface area contributed by atoms with Crippen molar-refractivity contribution in [3.8, 4) is 0 Å². The number of hydrogen-bond donors (Lipinski definition) is 2. The van der Waals surface area contributed by atoms with Crippen molar-refractivity contribution in [3.63, 3.8) is 0 Å². The number of carbonyl (C=O) groups is 1. The van der Waals surface area contributed by atoms with Gasteiger partial charge in [-0.05, 0) is 37.6 Å². The first-order chi connectivity index (χ1) is 15.9. The second-order valence-corrected chi connectivity index (χ2v) is 7.80. The molecule has 0 aliphatic carbocycles. The van der Waals surface area contributed by atoms with E-state index in [9.17, 15) is 14.4 Å². The molecule has 9 nitrogen and oxygen atoms in total. The van der Waals surface area contributed by atoms with E-state index in [1.165, 1.54) is 15.7 Å². The molecule has 0 unspecified atom stereocenters. The largest absolute Gasteiger partial charge is 0.467 e. The molecule has 1 aromatic carbocycles. The van der Waals surface area contributed by atoms with Crippen molar-refractivity contribution in [2.75, 3.05) is 10.6 Å². The van der Waals surface area contributed by atoms with Crippen LogP contribution in [-0.2, 0) is 13.1 Å². The molecule has 170 valence electrons. The summed E-state index contributed by atoms with van der Waals surface area (Å²) in [5.41, 5.74) is 6.57. The molecule has 33 heavy (non-hydrogen) atoms. The van der Waals surface area contributed by atoms with Crippen LogP contribution in [0.4, 0.5) is 11.5 Å². The Morgan fingerprint density at radius 3 is 2.73 bits per heavy atom. The first-order valence-electron chi connectivity index (χ1n) is 10.7. The maximum Gasteiger partial charge on any atom is 0.330 e. The third-order valence-corrected chi connectivity index (χ3v) is 5.43. The molecule has 0 saturated heterocycles. The Kier molecular flexibility index (Phi) is 6.12. The summed E-state index contributed by atoms with van der Waals surface area (Å²) in [6, 6.07) is 12.4. The summed E-state index contributed by atoms with van der Waals surface area (Å²) in [6.45, 7) is 4.06. The van der Waals surface area contributed by atoms with Crippen LogP contribution < -0.4 is 21.9 Å². The van der Waals surface area contributed by atoms with Gasteiger partial charge in [0.1, 0.15) is 11.6 Å². The van der Waals surface area contributed by atoms with Gasteiger partial charge in [0.25, 0.3) is 11.5 Å². The SMILES string of the molecule is CCCCn1c(N)c(N(Cc2ccco2)C(=O)c2cc(C)nc3ccccc23)c(=O)[nH]c1=O. The van der Waals surface area contributed by atoms with Crippen molar-refractivity contribution in [1.29, 1.82) is 0 Å². The van der Waals surface area contributed by atoms with Crippen molar-refractivity contribution < 1.29 is 9.21 Å². The van der Waals surface area contributed by atoms with Crippen LogP contribution in [0.15, 0.2) is 62.7 Å². The second-order valence-electron chi connectivity index (χ2n) is 7.80. The Morgan fingerprint density at radius 1 is 1.21 bits per heavy atom. The van der Waals surface area contributed by atoms with E-state index in [1.807, 2.05) is 25.1 Å². The number of carbonyl (C=O) groups excluding carboxylic acids is 1. The standard InChI is InChI=1S/C24H25N5O4/c1-3-4-11-28-21(25)20(22(30)27-24(28)32)29(14-16-8-7-12-33-16)23(31)18-13-15(2)26-19-10-6-5-9-17(18)19/h5-10,12-13H,3-4,11,14,25H2,1-2H3,(H,27,30,32). The molecule has 0 fully saturated rings. The van der Waals surface area contributed by atoms with Crippen molar-refractivity contribution in [2.24, 2.45) is 0 Å². The lowest BCUT2D eigenvalue weighted by atomic mass is 10.1. The number of hydrogen-bond acceptors (Lipinski definition) is 6. The predicted octanol–water partition coefficient (Wildman–Crippen LogP) is 3.22. The molecule has 0 aliphatic heterocycles. The number of anilines is 2. The van der Waals surface area contributed by atoms with Crippen LogP contribution in [0, 0.1) is 6.92 Å². The summed E-state index contributed by atoms with van der Waals surface area (Å²) in [5, 5.41) is 0.645. The average molecular weight is 447 g/mol. The second kappa shape index (κ2) is 9.15. The Balaban J connectivity index is 1.92. The van der Waals surface area contributed by atoms with Gasteiger partial charge in [-0.15, -0.1) is 0 Å². The fourth-order valence-electron chi connectivity index (χ4n) is 3.82. The molecule has 3 aromatic heterocycles. The molecule has 0 atom stereocenters. The third-order valence-electron chi connectivity index (χ3n) is 5.43. The number of furan rings is 1. The summed E-state index contributed by atoms with van der Waals surface area (Å²) < 4.78 is 6.74. The van der Waals surface area contributed by atoms with Gasteiger partial charge in [0.05, 0.1) is 23.9 Å². The van der Waals surface area contributed by atoms with E-state index in [0.29, 0.717) is 40.9 Å². The van der Waals surface area contributed by atoms with Crippen LogP contribution in [0.5, 0.6) is 0 Å². The van der Waals surface area contributed by atoms with E-state index in [-0.39, 0.29) is 18.1 Å². The van der Waals surface area contributed by atoms with Crippen LogP contribution in [0.3, 0.4) is 0 Å². The van der Waals surface area contributed by atoms with Crippen molar-refractivity contribution in [1.82, 2.24) is 14.5 Å². The predicted molar refractivity (Wildman–Crippen MR) is 126 cm³/mol. The minimum absolute atomic E-state index is 0.0409. The molecule has 0 radical (unpaired) electrons. The highest BCUT2D eigenvalue weighted by molar-refractivity contribution is 6.14. The molecule has 9 heteroatoms. The van der Waals surface area contributed by atoms with Crippen LogP contribution in [-0.4, -0.2) is 20.4 Å². The maximum absolute atomic E-state index is 13.9. The van der Waals surface area contributed by atoms with Crippen LogP contribution in [0.2, 0.25) is 0 Å². The molecular formula is C24H25N5O4. The zero-order valence-electron chi connectivity index (χ0n) is 18.5. The smallest absolute Gasteiger partial charge is 0.330 e. The highest BCUT2D eigenvalue weighted by atomic mass is 16.3. The molecular weight excluding hydrogens is 422 g/mol.